The van der Waals surface area contributed by atoms with Gasteiger partial charge in [-0.2, -0.15) is 0 Å². The van der Waals surface area contributed by atoms with Crippen LogP contribution >= 0.6 is 0 Å². The number of benzene rings is 1. The molecule has 2 N–H and O–H groups in total. The lowest BCUT2D eigenvalue weighted by Gasteiger charge is -2.06. The van der Waals surface area contributed by atoms with Crippen molar-refractivity contribution in [3.05, 3.63) is 30.3 Å². The molecule has 3 nitrogen and oxygen atoms in total. The molecule has 0 radical (unpaired) electrons. The van der Waals surface area contributed by atoms with Crippen LogP contribution in [-0.4, -0.2) is 11.6 Å². The monoisotopic (exact) mass is 188 g/mol. The Morgan fingerprint density at radius 3 is 2.93 bits per heavy atom. The molecular weight excluding hydrogens is 176 g/mol. The highest BCUT2D eigenvalue weighted by Crippen LogP contribution is 2.24. The van der Waals surface area contributed by atoms with Crippen molar-refractivity contribution in [3.8, 4) is 5.75 Å². The van der Waals surface area contributed by atoms with Crippen molar-refractivity contribution in [2.24, 2.45) is 0 Å². The molecule has 0 aliphatic rings. The van der Waals surface area contributed by atoms with Gasteiger partial charge in [-0.15, -0.1) is 0 Å². The van der Waals surface area contributed by atoms with E-state index in [0.717, 1.165) is 16.7 Å². The number of anilines is 1. The Morgan fingerprint density at radius 1 is 1.29 bits per heavy atom. The van der Waals surface area contributed by atoms with E-state index in [2.05, 4.69) is 4.98 Å². The lowest BCUT2D eigenvalue weighted by atomic mass is 10.2. The number of nitrogen functional groups attached to an aromatic ring is 1. The maximum atomic E-state index is 5.62. The molecule has 0 unspecified atom stereocenters. The zero-order chi connectivity index (χ0) is 9.97. The second-order valence-electron chi connectivity index (χ2n) is 3.00. The Bertz CT molecular complexity index is 454. The van der Waals surface area contributed by atoms with Crippen LogP contribution in [0, 0.1) is 0 Å². The third-order valence-electron chi connectivity index (χ3n) is 2.00. The highest BCUT2D eigenvalue weighted by molar-refractivity contribution is 5.85. The van der Waals surface area contributed by atoms with Crippen LogP contribution < -0.4 is 10.5 Å². The molecule has 14 heavy (non-hydrogen) atoms. The molecule has 3 heteroatoms. The van der Waals surface area contributed by atoms with Gasteiger partial charge in [-0.1, -0.05) is 12.1 Å². The summed E-state index contributed by atoms with van der Waals surface area (Å²) in [4.78, 5) is 4.25. The molecular formula is C11H12N2O. The fourth-order valence-corrected chi connectivity index (χ4v) is 1.41. The molecule has 0 atom stereocenters. The van der Waals surface area contributed by atoms with E-state index >= 15 is 0 Å². The Balaban J connectivity index is 2.64. The molecule has 0 fully saturated rings. The maximum absolute atomic E-state index is 5.62. The van der Waals surface area contributed by atoms with Gasteiger partial charge in [-0.3, -0.25) is 0 Å². The number of rotatable bonds is 2. The summed E-state index contributed by atoms with van der Waals surface area (Å²) in [5.74, 6) is 1.31. The van der Waals surface area contributed by atoms with Gasteiger partial charge in [0.25, 0.3) is 0 Å². The first-order valence-corrected chi connectivity index (χ1v) is 4.59. The summed E-state index contributed by atoms with van der Waals surface area (Å²) >= 11 is 0. The van der Waals surface area contributed by atoms with Gasteiger partial charge in [0.15, 0.2) is 0 Å². The number of hydrogen-bond donors (Lipinski definition) is 1. The molecule has 0 bridgehead atoms. The van der Waals surface area contributed by atoms with Crippen LogP contribution in [0.3, 0.4) is 0 Å². The van der Waals surface area contributed by atoms with E-state index in [1.165, 1.54) is 0 Å². The summed E-state index contributed by atoms with van der Waals surface area (Å²) in [5, 5.41) is 1.05. The minimum Gasteiger partial charge on any atom is -0.492 e. The molecule has 2 aromatic rings. The minimum absolute atomic E-state index is 0.518. The molecule has 0 saturated heterocycles. The molecule has 72 valence electrons. The maximum Gasteiger partial charge on any atom is 0.145 e. The number of fused-ring (bicyclic) bond motifs is 1. The third-order valence-corrected chi connectivity index (χ3v) is 2.00. The summed E-state index contributed by atoms with van der Waals surface area (Å²) in [7, 11) is 0. The lowest BCUT2D eigenvalue weighted by Crippen LogP contribution is -1.95. The van der Waals surface area contributed by atoms with E-state index in [1.54, 1.807) is 6.07 Å². The van der Waals surface area contributed by atoms with Crippen LogP contribution in [0.4, 0.5) is 5.82 Å². The van der Waals surface area contributed by atoms with Crippen molar-refractivity contribution < 1.29 is 4.74 Å². The van der Waals surface area contributed by atoms with Gasteiger partial charge in [-0.05, 0) is 25.1 Å². The van der Waals surface area contributed by atoms with Gasteiger partial charge >= 0.3 is 0 Å². The Kier molecular flexibility index (Phi) is 2.23. The van der Waals surface area contributed by atoms with E-state index in [4.69, 9.17) is 10.5 Å². The minimum atomic E-state index is 0.518. The van der Waals surface area contributed by atoms with Crippen LogP contribution in [0.1, 0.15) is 6.92 Å². The molecule has 0 amide bonds. The summed E-state index contributed by atoms with van der Waals surface area (Å²) in [6.07, 6.45) is 0. The molecule has 0 aliphatic heterocycles. The first kappa shape index (κ1) is 8.81. The fraction of sp³-hybridized carbons (Fsp3) is 0.182. The number of nitrogens with two attached hydrogens (primary N) is 1. The molecule has 1 aromatic carbocycles. The predicted molar refractivity (Wildman–Crippen MR) is 57.3 cm³/mol. The summed E-state index contributed by atoms with van der Waals surface area (Å²) in [6, 6.07) is 9.58. The average molecular weight is 188 g/mol. The van der Waals surface area contributed by atoms with Crippen molar-refractivity contribution >= 4 is 16.7 Å². The third kappa shape index (κ3) is 1.48. The highest BCUT2D eigenvalue weighted by Gasteiger charge is 2.02. The van der Waals surface area contributed by atoms with Crippen LogP contribution in [-0.2, 0) is 0 Å². The second kappa shape index (κ2) is 3.54. The molecule has 0 saturated carbocycles. The molecule has 2 rings (SSSR count). The number of para-hydroxylation sites is 1. The van der Waals surface area contributed by atoms with Crippen LogP contribution in [0.2, 0.25) is 0 Å². The standard InChI is InChI=1S/C11H12N2O/c1-2-14-9-5-3-4-8-6-7-10(12)13-11(8)9/h3-7H,2H2,1H3,(H2,12,13). The largest absolute Gasteiger partial charge is 0.492 e. The summed E-state index contributed by atoms with van der Waals surface area (Å²) < 4.78 is 5.46. The smallest absolute Gasteiger partial charge is 0.145 e. The van der Waals surface area contributed by atoms with E-state index in [0.29, 0.717) is 12.4 Å². The topological polar surface area (TPSA) is 48.1 Å². The van der Waals surface area contributed by atoms with E-state index < -0.39 is 0 Å². The summed E-state index contributed by atoms with van der Waals surface area (Å²) in [6.45, 7) is 2.58. The molecule has 0 aliphatic carbocycles. The Morgan fingerprint density at radius 2 is 2.14 bits per heavy atom. The van der Waals surface area contributed by atoms with Crippen LogP contribution in [0.25, 0.3) is 10.9 Å². The fourth-order valence-electron chi connectivity index (χ4n) is 1.41. The highest BCUT2D eigenvalue weighted by atomic mass is 16.5. The molecule has 0 spiro atoms. The van der Waals surface area contributed by atoms with Crippen molar-refractivity contribution in [2.75, 3.05) is 12.3 Å². The van der Waals surface area contributed by atoms with Crippen molar-refractivity contribution in [2.45, 2.75) is 6.92 Å². The normalized spacial score (nSPS) is 10.4. The van der Waals surface area contributed by atoms with Crippen molar-refractivity contribution in [1.82, 2.24) is 4.98 Å². The Labute approximate surface area is 82.5 Å². The number of pyridine rings is 1. The predicted octanol–water partition coefficient (Wildman–Crippen LogP) is 2.22. The van der Waals surface area contributed by atoms with Gasteiger partial charge in [0.1, 0.15) is 17.1 Å². The van der Waals surface area contributed by atoms with Gasteiger partial charge < -0.3 is 10.5 Å². The van der Waals surface area contributed by atoms with Crippen LogP contribution in [0.5, 0.6) is 5.75 Å². The van der Waals surface area contributed by atoms with E-state index in [1.807, 2.05) is 31.2 Å². The van der Waals surface area contributed by atoms with E-state index in [9.17, 15) is 0 Å². The van der Waals surface area contributed by atoms with Crippen LogP contribution in [0.15, 0.2) is 30.3 Å². The number of nitrogens with zero attached hydrogens (tertiary/aromatic N) is 1. The zero-order valence-electron chi connectivity index (χ0n) is 8.03. The van der Waals surface area contributed by atoms with Gasteiger partial charge in [0, 0.05) is 5.39 Å². The zero-order valence-corrected chi connectivity index (χ0v) is 8.03. The molecule has 1 aromatic heterocycles. The van der Waals surface area contributed by atoms with Gasteiger partial charge in [-0.25, -0.2) is 4.98 Å². The van der Waals surface area contributed by atoms with Crippen molar-refractivity contribution in [3.63, 3.8) is 0 Å². The lowest BCUT2D eigenvalue weighted by molar-refractivity contribution is 0.343. The van der Waals surface area contributed by atoms with Gasteiger partial charge in [0.05, 0.1) is 6.61 Å². The Hall–Kier alpha value is -1.77. The van der Waals surface area contributed by atoms with E-state index in [-0.39, 0.29) is 0 Å². The first-order chi connectivity index (χ1) is 6.81. The number of aromatic nitrogens is 1. The quantitative estimate of drug-likeness (QED) is 0.786. The number of hydrogen-bond acceptors (Lipinski definition) is 3. The second-order valence-corrected chi connectivity index (χ2v) is 3.00. The summed E-state index contributed by atoms with van der Waals surface area (Å²) in [5.41, 5.74) is 6.45. The first-order valence-electron chi connectivity index (χ1n) is 4.59. The SMILES string of the molecule is CCOc1cccc2ccc(N)nc12. The average Bonchev–Trinajstić information content (AvgIpc) is 2.19. The van der Waals surface area contributed by atoms with Crippen molar-refractivity contribution in [1.29, 1.82) is 0 Å². The van der Waals surface area contributed by atoms with Gasteiger partial charge in [0.2, 0.25) is 0 Å². The molecule has 1 heterocycles. The number of ether oxygens (including phenoxy) is 1.